The van der Waals surface area contributed by atoms with Crippen LogP contribution in [0.2, 0.25) is 0 Å². The molecule has 3 nitrogen and oxygen atoms in total. The van der Waals surface area contributed by atoms with Crippen LogP contribution in [0.25, 0.3) is 0 Å². The highest BCUT2D eigenvalue weighted by atomic mass is 16.5. The molecule has 1 unspecified atom stereocenters. The number of hydrogen-bond acceptors (Lipinski definition) is 3. The summed E-state index contributed by atoms with van der Waals surface area (Å²) in [5.41, 5.74) is 2.98. The summed E-state index contributed by atoms with van der Waals surface area (Å²) in [7, 11) is 0. The average molecular weight is 221 g/mol. The van der Waals surface area contributed by atoms with E-state index in [9.17, 15) is 0 Å². The zero-order valence-electron chi connectivity index (χ0n) is 9.48. The van der Waals surface area contributed by atoms with E-state index in [4.69, 9.17) is 9.84 Å². The minimum Gasteiger partial charge on any atom is -0.394 e. The largest absolute Gasteiger partial charge is 0.394 e. The number of fused-ring (bicyclic) bond motifs is 1. The Hall–Kier alpha value is -0.900. The first-order valence-corrected chi connectivity index (χ1v) is 5.89. The monoisotopic (exact) mass is 221 g/mol. The predicted molar refractivity (Wildman–Crippen MR) is 63.7 cm³/mol. The van der Waals surface area contributed by atoms with Gasteiger partial charge in [-0.15, -0.1) is 0 Å². The van der Waals surface area contributed by atoms with Crippen molar-refractivity contribution >= 4 is 0 Å². The Labute approximate surface area is 96.4 Å². The summed E-state index contributed by atoms with van der Waals surface area (Å²) in [6.45, 7) is 3.11. The van der Waals surface area contributed by atoms with Crippen LogP contribution in [0.3, 0.4) is 0 Å². The van der Waals surface area contributed by atoms with Crippen molar-refractivity contribution in [1.29, 1.82) is 0 Å². The van der Waals surface area contributed by atoms with Crippen LogP contribution >= 0.6 is 0 Å². The van der Waals surface area contributed by atoms with Crippen LogP contribution in [0.1, 0.15) is 17.0 Å². The highest BCUT2D eigenvalue weighted by Crippen LogP contribution is 2.33. The number of aliphatic hydroxyl groups is 1. The molecule has 1 aromatic rings. The molecule has 88 valence electrons. The van der Waals surface area contributed by atoms with Crippen LogP contribution in [0.5, 0.6) is 0 Å². The highest BCUT2D eigenvalue weighted by molar-refractivity contribution is 5.40. The summed E-state index contributed by atoms with van der Waals surface area (Å²) < 4.78 is 5.17. The van der Waals surface area contributed by atoms with Crippen molar-refractivity contribution in [3.63, 3.8) is 0 Å². The third kappa shape index (κ3) is 2.82. The quantitative estimate of drug-likeness (QED) is 0.673. The molecule has 0 aliphatic heterocycles. The Kier molecular flexibility index (Phi) is 4.34. The van der Waals surface area contributed by atoms with Gasteiger partial charge in [0.25, 0.3) is 0 Å². The molecule has 1 atom stereocenters. The number of benzene rings is 1. The molecule has 2 rings (SSSR count). The first-order valence-electron chi connectivity index (χ1n) is 5.89. The van der Waals surface area contributed by atoms with E-state index in [0.29, 0.717) is 19.1 Å². The van der Waals surface area contributed by atoms with Crippen LogP contribution in [0.15, 0.2) is 24.3 Å². The van der Waals surface area contributed by atoms with Crippen LogP contribution in [0, 0.1) is 0 Å². The summed E-state index contributed by atoms with van der Waals surface area (Å²) in [4.78, 5) is 0. The fourth-order valence-electron chi connectivity index (χ4n) is 2.13. The van der Waals surface area contributed by atoms with Crippen molar-refractivity contribution in [3.8, 4) is 0 Å². The zero-order valence-corrected chi connectivity index (χ0v) is 9.48. The molecule has 0 aromatic heterocycles. The van der Waals surface area contributed by atoms with Gasteiger partial charge in [-0.05, 0) is 17.5 Å². The van der Waals surface area contributed by atoms with Gasteiger partial charge in [0.15, 0.2) is 0 Å². The van der Waals surface area contributed by atoms with E-state index in [0.717, 1.165) is 13.1 Å². The second-order valence-corrected chi connectivity index (χ2v) is 4.14. The van der Waals surface area contributed by atoms with Crippen molar-refractivity contribution < 1.29 is 9.84 Å². The van der Waals surface area contributed by atoms with Gasteiger partial charge in [0.1, 0.15) is 0 Å². The summed E-state index contributed by atoms with van der Waals surface area (Å²) in [5, 5.41) is 11.9. The maximum Gasteiger partial charge on any atom is 0.0698 e. The van der Waals surface area contributed by atoms with Gasteiger partial charge < -0.3 is 15.2 Å². The lowest BCUT2D eigenvalue weighted by molar-refractivity contribution is 0.0937. The Bertz CT molecular complexity index is 327. The van der Waals surface area contributed by atoms with Gasteiger partial charge in [-0.3, -0.25) is 0 Å². The van der Waals surface area contributed by atoms with Crippen molar-refractivity contribution in [3.05, 3.63) is 35.4 Å². The fraction of sp³-hybridized carbons (Fsp3) is 0.538. The summed E-state index contributed by atoms with van der Waals surface area (Å²) >= 11 is 0. The molecule has 1 aliphatic rings. The lowest BCUT2D eigenvalue weighted by atomic mass is 9.78. The Morgan fingerprint density at radius 3 is 3.00 bits per heavy atom. The normalized spacial score (nSPS) is 17.9. The SMILES string of the molecule is OCCOCCNCC1Cc2ccccc21. The molecule has 0 saturated heterocycles. The molecule has 3 heteroatoms. The Morgan fingerprint density at radius 1 is 1.31 bits per heavy atom. The molecular formula is C13H19NO2. The molecule has 0 saturated carbocycles. The van der Waals surface area contributed by atoms with Crippen LogP contribution < -0.4 is 5.32 Å². The Morgan fingerprint density at radius 2 is 2.19 bits per heavy atom. The van der Waals surface area contributed by atoms with Gasteiger partial charge in [0, 0.05) is 19.0 Å². The number of rotatable bonds is 7. The van der Waals surface area contributed by atoms with Gasteiger partial charge in [0.05, 0.1) is 19.8 Å². The van der Waals surface area contributed by atoms with E-state index in [1.807, 2.05) is 0 Å². The fourth-order valence-corrected chi connectivity index (χ4v) is 2.13. The van der Waals surface area contributed by atoms with Crippen molar-refractivity contribution in [2.75, 3.05) is 32.9 Å². The number of ether oxygens (including phenoxy) is 1. The molecule has 0 bridgehead atoms. The molecule has 0 heterocycles. The van der Waals surface area contributed by atoms with Crippen LogP contribution in [-0.4, -0.2) is 38.0 Å². The summed E-state index contributed by atoms with van der Waals surface area (Å²) in [6, 6.07) is 8.63. The molecule has 0 amide bonds. The summed E-state index contributed by atoms with van der Waals surface area (Å²) in [6.07, 6.45) is 1.20. The first kappa shape index (κ1) is 11.6. The Balaban J connectivity index is 1.59. The van der Waals surface area contributed by atoms with Gasteiger partial charge in [-0.25, -0.2) is 0 Å². The average Bonchev–Trinajstić information content (AvgIpc) is 2.28. The van der Waals surface area contributed by atoms with E-state index in [-0.39, 0.29) is 6.61 Å². The smallest absolute Gasteiger partial charge is 0.0698 e. The molecule has 0 spiro atoms. The van der Waals surface area contributed by atoms with Gasteiger partial charge in [0.2, 0.25) is 0 Å². The van der Waals surface area contributed by atoms with Gasteiger partial charge in [-0.2, -0.15) is 0 Å². The maximum absolute atomic E-state index is 8.52. The van der Waals surface area contributed by atoms with E-state index in [2.05, 4.69) is 29.6 Å². The van der Waals surface area contributed by atoms with Crippen LogP contribution in [0.4, 0.5) is 0 Å². The molecule has 1 aliphatic carbocycles. The highest BCUT2D eigenvalue weighted by Gasteiger charge is 2.24. The molecule has 2 N–H and O–H groups in total. The van der Waals surface area contributed by atoms with Crippen molar-refractivity contribution in [2.24, 2.45) is 0 Å². The van der Waals surface area contributed by atoms with E-state index in [1.54, 1.807) is 0 Å². The third-order valence-corrected chi connectivity index (χ3v) is 3.01. The molecule has 0 fully saturated rings. The van der Waals surface area contributed by atoms with Gasteiger partial charge in [-0.1, -0.05) is 24.3 Å². The van der Waals surface area contributed by atoms with Crippen LogP contribution in [-0.2, 0) is 11.2 Å². The molecule has 0 radical (unpaired) electrons. The van der Waals surface area contributed by atoms with Gasteiger partial charge >= 0.3 is 0 Å². The second-order valence-electron chi connectivity index (χ2n) is 4.14. The molecule has 1 aromatic carbocycles. The predicted octanol–water partition coefficient (Wildman–Crippen LogP) is 0.925. The number of hydrogen-bond donors (Lipinski definition) is 2. The standard InChI is InChI=1S/C13H19NO2/c15-6-8-16-7-5-14-10-12-9-11-3-1-2-4-13(11)12/h1-4,12,14-15H,5-10H2. The first-order chi connectivity index (χ1) is 7.92. The van der Waals surface area contributed by atoms with E-state index in [1.165, 1.54) is 17.5 Å². The zero-order chi connectivity index (χ0) is 11.2. The lowest BCUT2D eigenvalue weighted by Gasteiger charge is -2.30. The number of nitrogens with one attached hydrogen (secondary N) is 1. The summed E-state index contributed by atoms with van der Waals surface area (Å²) in [5.74, 6) is 0.675. The van der Waals surface area contributed by atoms with Crippen molar-refractivity contribution in [1.82, 2.24) is 5.32 Å². The maximum atomic E-state index is 8.52. The molecular weight excluding hydrogens is 202 g/mol. The number of aliphatic hydroxyl groups excluding tert-OH is 1. The van der Waals surface area contributed by atoms with E-state index < -0.39 is 0 Å². The minimum atomic E-state index is 0.107. The topological polar surface area (TPSA) is 41.5 Å². The minimum absolute atomic E-state index is 0.107. The lowest BCUT2D eigenvalue weighted by Crippen LogP contribution is -2.31. The van der Waals surface area contributed by atoms with E-state index >= 15 is 0 Å². The molecule has 16 heavy (non-hydrogen) atoms. The third-order valence-electron chi connectivity index (χ3n) is 3.01. The van der Waals surface area contributed by atoms with Crippen molar-refractivity contribution in [2.45, 2.75) is 12.3 Å². The second kappa shape index (κ2) is 5.99.